The Morgan fingerprint density at radius 1 is 1.00 bits per heavy atom. The second-order valence-corrected chi connectivity index (χ2v) is 9.92. The van der Waals surface area contributed by atoms with Crippen molar-refractivity contribution in [1.29, 1.82) is 0 Å². The number of aliphatic hydroxyl groups excluding tert-OH is 1. The van der Waals surface area contributed by atoms with Crippen molar-refractivity contribution in [2.24, 2.45) is 0 Å². The number of ether oxygens (including phenoxy) is 4. The average molecular weight is 548 g/mol. The van der Waals surface area contributed by atoms with Crippen LogP contribution in [0.5, 0.6) is 0 Å². The van der Waals surface area contributed by atoms with Gasteiger partial charge in [0.1, 0.15) is 28.6 Å². The minimum Gasteiger partial charge on any atom is -1.00 e. The van der Waals surface area contributed by atoms with E-state index in [-0.39, 0.29) is 57.9 Å². The van der Waals surface area contributed by atoms with E-state index in [4.69, 9.17) is 42.1 Å². The topological polar surface area (TPSA) is 100 Å². The monoisotopic (exact) mass is 547 g/mol. The molecule has 2 aliphatic rings. The van der Waals surface area contributed by atoms with Crippen LogP contribution >= 0.6 is 23.2 Å². The summed E-state index contributed by atoms with van der Waals surface area (Å²) in [6.45, 7) is 11.5. The van der Waals surface area contributed by atoms with Gasteiger partial charge in [0.05, 0.1) is 13.2 Å². The third-order valence-electron chi connectivity index (χ3n) is 5.36. The van der Waals surface area contributed by atoms with Gasteiger partial charge in [0.15, 0.2) is 17.4 Å². The molecule has 2 aliphatic heterocycles. The summed E-state index contributed by atoms with van der Waals surface area (Å²) in [6, 6.07) is 3.53. The maximum atomic E-state index is 12.1. The van der Waals surface area contributed by atoms with E-state index in [1.54, 1.807) is 26.1 Å². The minimum atomic E-state index is -0.750. The molecule has 2 fully saturated rings. The van der Waals surface area contributed by atoms with E-state index < -0.39 is 23.8 Å². The number of hydrogen-bond acceptors (Lipinski definition) is 8. The standard InChI is InChI=1S/C12H16ClNO3.C12H14ClNO3.B.Na.H/c2*1-7-4-8(5-14-11(7)13)10(15)9-6-16-12(2,3)17-9;;;/h4-5,9-10,15H,6H2,1-3H3;4-5,9H,6H2,1-3H3;;;/q;;;+1;-1/t9-,10?;9-;;;/m00.../s1. The number of rotatable bonds is 4. The number of nitrogens with zero attached hydrogens (tertiary/aromatic N) is 2. The Labute approximate surface area is 247 Å². The molecule has 4 rings (SSSR count). The maximum absolute atomic E-state index is 12.1. The van der Waals surface area contributed by atoms with Crippen LogP contribution in [0.2, 0.25) is 10.3 Å². The van der Waals surface area contributed by atoms with Gasteiger partial charge in [0.2, 0.25) is 0 Å². The summed E-state index contributed by atoms with van der Waals surface area (Å²) in [5.41, 5.74) is 2.80. The minimum absolute atomic E-state index is 0. The Bertz CT molecular complexity index is 1070. The molecule has 0 bridgehead atoms. The number of pyridine rings is 2. The van der Waals surface area contributed by atoms with E-state index in [0.717, 1.165) is 11.1 Å². The molecule has 8 nitrogen and oxygen atoms in total. The van der Waals surface area contributed by atoms with E-state index in [2.05, 4.69) is 9.97 Å². The summed E-state index contributed by atoms with van der Waals surface area (Å²) in [4.78, 5) is 20.1. The first-order chi connectivity index (χ1) is 15.8. The van der Waals surface area contributed by atoms with Crippen LogP contribution in [0.15, 0.2) is 24.5 Å². The number of aliphatic hydroxyl groups is 1. The van der Waals surface area contributed by atoms with Gasteiger partial charge in [-0.2, -0.15) is 0 Å². The quantitative estimate of drug-likeness (QED) is 0.348. The Hall–Kier alpha value is -0.585. The normalized spacial score (nSPS) is 22.5. The zero-order valence-corrected chi connectivity index (χ0v) is 25.2. The third-order valence-corrected chi connectivity index (χ3v) is 6.15. The number of halogens is 2. The predicted octanol–water partition coefficient (Wildman–Crippen LogP) is 1.34. The molecule has 12 heteroatoms. The van der Waals surface area contributed by atoms with Crippen LogP contribution in [0.1, 0.15) is 62.3 Å². The first-order valence-corrected chi connectivity index (χ1v) is 11.6. The molecule has 0 spiro atoms. The van der Waals surface area contributed by atoms with E-state index in [1.807, 2.05) is 33.8 Å². The summed E-state index contributed by atoms with van der Waals surface area (Å²) >= 11 is 11.7. The van der Waals surface area contributed by atoms with Crippen LogP contribution < -0.4 is 29.6 Å². The first kappa shape index (κ1) is 33.4. The van der Waals surface area contributed by atoms with Crippen LogP contribution in [0, 0.1) is 13.8 Å². The molecule has 2 aromatic rings. The van der Waals surface area contributed by atoms with Gasteiger partial charge in [-0.05, 0) is 64.8 Å². The van der Waals surface area contributed by atoms with Crippen molar-refractivity contribution < 1.29 is 59.8 Å². The fraction of sp³-hybridized carbons (Fsp3) is 0.542. The molecule has 1 N–H and O–H groups in total. The largest absolute Gasteiger partial charge is 1.00 e. The van der Waals surface area contributed by atoms with Crippen LogP contribution in [0.25, 0.3) is 0 Å². The molecule has 0 aliphatic carbocycles. The van der Waals surface area contributed by atoms with Crippen LogP contribution in [-0.2, 0) is 18.9 Å². The van der Waals surface area contributed by atoms with Crippen molar-refractivity contribution in [3.8, 4) is 0 Å². The molecule has 3 radical (unpaired) electrons. The molecular formula is C24H31BCl2N2NaO6. The van der Waals surface area contributed by atoms with E-state index in [1.165, 1.54) is 6.20 Å². The zero-order valence-electron chi connectivity index (χ0n) is 22.7. The summed E-state index contributed by atoms with van der Waals surface area (Å²) in [5.74, 6) is -1.46. The number of aromatic nitrogens is 2. The van der Waals surface area contributed by atoms with Crippen molar-refractivity contribution in [3.05, 3.63) is 57.1 Å². The Kier molecular flexibility index (Phi) is 12.5. The molecule has 3 atom stereocenters. The molecule has 4 heterocycles. The van der Waals surface area contributed by atoms with Gasteiger partial charge < -0.3 is 25.5 Å². The third kappa shape index (κ3) is 8.73. The van der Waals surface area contributed by atoms with E-state index >= 15 is 0 Å². The molecule has 2 saturated heterocycles. The van der Waals surface area contributed by atoms with Crippen LogP contribution in [0.3, 0.4) is 0 Å². The summed E-state index contributed by atoms with van der Waals surface area (Å²) in [5, 5.41) is 11.0. The van der Waals surface area contributed by atoms with Gasteiger partial charge in [-0.25, -0.2) is 9.97 Å². The van der Waals surface area contributed by atoms with Crippen molar-refractivity contribution in [1.82, 2.24) is 9.97 Å². The first-order valence-electron chi connectivity index (χ1n) is 10.9. The zero-order chi connectivity index (χ0) is 25.3. The predicted molar refractivity (Wildman–Crippen MR) is 134 cm³/mol. The van der Waals surface area contributed by atoms with Gasteiger partial charge >= 0.3 is 29.6 Å². The molecule has 0 aromatic carbocycles. The fourth-order valence-corrected chi connectivity index (χ4v) is 3.73. The number of ketones is 1. The van der Waals surface area contributed by atoms with Crippen molar-refractivity contribution in [2.75, 3.05) is 13.2 Å². The van der Waals surface area contributed by atoms with Crippen LogP contribution in [0.4, 0.5) is 0 Å². The fourth-order valence-electron chi connectivity index (χ4n) is 3.52. The molecule has 0 saturated carbocycles. The summed E-state index contributed by atoms with van der Waals surface area (Å²) in [7, 11) is 0. The Balaban J connectivity index is 0.000000648. The summed E-state index contributed by atoms with van der Waals surface area (Å²) < 4.78 is 21.9. The Morgan fingerprint density at radius 2 is 1.53 bits per heavy atom. The number of carbonyl (C=O) groups is 1. The molecule has 0 amide bonds. The van der Waals surface area contributed by atoms with Gasteiger partial charge in [-0.15, -0.1) is 0 Å². The van der Waals surface area contributed by atoms with Crippen molar-refractivity contribution in [2.45, 2.75) is 71.4 Å². The number of aryl methyl sites for hydroxylation is 2. The average Bonchev–Trinajstić information content (AvgIpc) is 3.32. The number of Topliss-reactive ketones (excluding diaryl/α,β-unsaturated/α-hetero) is 1. The SMILES string of the molecule is Cc1cc(C(=O)[C@@H]2COC(C)(C)O2)cnc1Cl.Cc1cc(C(O)[C@@H]2COC(C)(C)O2)cnc1Cl.[B].[H-].[Na+]. The Morgan fingerprint density at radius 3 is 2.00 bits per heavy atom. The van der Waals surface area contributed by atoms with Crippen LogP contribution in [-0.4, -0.2) is 66.3 Å². The van der Waals surface area contributed by atoms with Gasteiger partial charge in [-0.1, -0.05) is 23.2 Å². The maximum Gasteiger partial charge on any atom is 1.00 e. The van der Waals surface area contributed by atoms with Crippen molar-refractivity contribution >= 4 is 37.4 Å². The smallest absolute Gasteiger partial charge is 1.00 e. The van der Waals surface area contributed by atoms with E-state index in [0.29, 0.717) is 28.0 Å². The second-order valence-electron chi connectivity index (χ2n) is 9.20. The second kappa shape index (κ2) is 13.5. The molecule has 36 heavy (non-hydrogen) atoms. The van der Waals surface area contributed by atoms with Gasteiger partial charge in [-0.3, -0.25) is 4.79 Å². The molecule has 2 aromatic heterocycles. The molecular weight excluding hydrogens is 517 g/mol. The number of carbonyl (C=O) groups excluding carboxylic acids is 1. The molecule has 1 unspecified atom stereocenters. The van der Waals surface area contributed by atoms with Gasteiger partial charge in [0.25, 0.3) is 0 Å². The number of hydrogen-bond donors (Lipinski definition) is 1. The van der Waals surface area contributed by atoms with E-state index in [9.17, 15) is 9.90 Å². The van der Waals surface area contributed by atoms with Crippen molar-refractivity contribution in [3.63, 3.8) is 0 Å². The molecule has 191 valence electrons. The van der Waals surface area contributed by atoms with Gasteiger partial charge in [0, 0.05) is 31.9 Å². The summed E-state index contributed by atoms with van der Waals surface area (Å²) in [6.07, 6.45) is 1.35.